The smallest absolute Gasteiger partial charge is 0.289 e. The first-order valence-electron chi connectivity index (χ1n) is 10.5. The number of furan rings is 1. The number of amides is 1. The van der Waals surface area contributed by atoms with Crippen molar-refractivity contribution < 1.29 is 13.9 Å². The molecule has 160 valence electrons. The van der Waals surface area contributed by atoms with Gasteiger partial charge in [-0.25, -0.2) is 4.98 Å². The molecule has 31 heavy (non-hydrogen) atoms. The Morgan fingerprint density at radius 1 is 1.10 bits per heavy atom. The summed E-state index contributed by atoms with van der Waals surface area (Å²) in [7, 11) is 1.76. The highest BCUT2D eigenvalue weighted by atomic mass is 16.5. The number of aromatic nitrogens is 2. The summed E-state index contributed by atoms with van der Waals surface area (Å²) in [4.78, 5) is 19.0. The van der Waals surface area contributed by atoms with Crippen LogP contribution in [0.25, 0.3) is 11.0 Å². The van der Waals surface area contributed by atoms with Gasteiger partial charge in [0.15, 0.2) is 5.76 Å². The first kappa shape index (κ1) is 20.7. The fraction of sp³-hybridized carbons (Fsp3) is 0.280. The van der Waals surface area contributed by atoms with Gasteiger partial charge in [-0.2, -0.15) is 0 Å². The zero-order valence-corrected chi connectivity index (χ0v) is 18.2. The number of rotatable bonds is 8. The average molecular weight is 418 g/mol. The lowest BCUT2D eigenvalue weighted by Crippen LogP contribution is -2.27. The van der Waals surface area contributed by atoms with Gasteiger partial charge in [0.2, 0.25) is 0 Å². The Kier molecular flexibility index (Phi) is 6.07. The van der Waals surface area contributed by atoms with Crippen molar-refractivity contribution >= 4 is 16.9 Å². The highest BCUT2D eigenvalue weighted by Crippen LogP contribution is 2.20. The fourth-order valence-corrected chi connectivity index (χ4v) is 3.58. The van der Waals surface area contributed by atoms with Crippen LogP contribution in [0.4, 0.5) is 0 Å². The second-order valence-corrected chi connectivity index (χ2v) is 7.75. The molecule has 0 fully saturated rings. The van der Waals surface area contributed by atoms with Crippen LogP contribution in [0.1, 0.15) is 33.9 Å². The van der Waals surface area contributed by atoms with Gasteiger partial charge in [0, 0.05) is 13.6 Å². The number of fused-ring (bicyclic) bond motifs is 1. The maximum absolute atomic E-state index is 12.6. The summed E-state index contributed by atoms with van der Waals surface area (Å²) in [6.07, 6.45) is 2.34. The van der Waals surface area contributed by atoms with Gasteiger partial charge in [-0.1, -0.05) is 18.2 Å². The number of hydrogen-bond donors (Lipinski definition) is 0. The monoisotopic (exact) mass is 417 g/mol. The van der Waals surface area contributed by atoms with E-state index in [1.807, 2.05) is 24.3 Å². The Bertz CT molecular complexity index is 1180. The molecule has 4 rings (SSSR count). The van der Waals surface area contributed by atoms with E-state index in [0.717, 1.165) is 35.6 Å². The predicted octanol–water partition coefficient (Wildman–Crippen LogP) is 4.99. The Morgan fingerprint density at radius 2 is 1.94 bits per heavy atom. The highest BCUT2D eigenvalue weighted by molar-refractivity contribution is 5.91. The van der Waals surface area contributed by atoms with Gasteiger partial charge in [-0.05, 0) is 67.8 Å². The molecule has 0 saturated carbocycles. The molecule has 0 N–H and O–H groups in total. The van der Waals surface area contributed by atoms with Crippen LogP contribution in [-0.2, 0) is 13.1 Å². The van der Waals surface area contributed by atoms with Crippen molar-refractivity contribution in [3.8, 4) is 5.75 Å². The Hall–Kier alpha value is -3.54. The lowest BCUT2D eigenvalue weighted by Gasteiger charge is -2.17. The standard InChI is InChI=1S/C25H27N3O3/c1-18-11-12-20(16-19(18)2)30-15-7-13-28-22-9-5-4-8-21(22)26-24(28)17-27(3)25(29)23-10-6-14-31-23/h4-6,8-12,14,16H,7,13,15,17H2,1-3H3. The van der Waals surface area contributed by atoms with Crippen molar-refractivity contribution in [3.05, 3.63) is 83.6 Å². The summed E-state index contributed by atoms with van der Waals surface area (Å²) in [5.41, 5.74) is 4.47. The number of para-hydroxylation sites is 2. The minimum absolute atomic E-state index is 0.165. The van der Waals surface area contributed by atoms with E-state index in [2.05, 4.69) is 36.6 Å². The van der Waals surface area contributed by atoms with Crippen LogP contribution in [0, 0.1) is 13.8 Å². The number of carbonyl (C=O) groups is 1. The van der Waals surface area contributed by atoms with Gasteiger partial charge < -0.3 is 18.6 Å². The molecule has 0 aliphatic heterocycles. The largest absolute Gasteiger partial charge is 0.494 e. The third kappa shape index (κ3) is 4.63. The molecule has 0 bridgehead atoms. The summed E-state index contributed by atoms with van der Waals surface area (Å²) in [5, 5.41) is 0. The van der Waals surface area contributed by atoms with Crippen molar-refractivity contribution in [1.82, 2.24) is 14.5 Å². The molecule has 2 aromatic heterocycles. The van der Waals surface area contributed by atoms with E-state index in [0.29, 0.717) is 18.9 Å². The number of ether oxygens (including phenoxy) is 1. The molecule has 0 atom stereocenters. The Balaban J connectivity index is 1.46. The SMILES string of the molecule is Cc1ccc(OCCCn2c(CN(C)C(=O)c3ccco3)nc3ccccc32)cc1C. The summed E-state index contributed by atoms with van der Waals surface area (Å²) in [6, 6.07) is 17.6. The maximum atomic E-state index is 12.6. The molecule has 0 aliphatic rings. The van der Waals surface area contributed by atoms with Crippen molar-refractivity contribution in [3.63, 3.8) is 0 Å². The molecule has 0 spiro atoms. The minimum atomic E-state index is -0.165. The molecule has 0 unspecified atom stereocenters. The third-order valence-corrected chi connectivity index (χ3v) is 5.46. The Labute approximate surface area is 182 Å². The van der Waals surface area contributed by atoms with Crippen LogP contribution in [-0.4, -0.2) is 34.0 Å². The van der Waals surface area contributed by atoms with Crippen LogP contribution in [0.15, 0.2) is 65.3 Å². The zero-order valence-electron chi connectivity index (χ0n) is 18.2. The highest BCUT2D eigenvalue weighted by Gasteiger charge is 2.18. The van der Waals surface area contributed by atoms with E-state index < -0.39 is 0 Å². The molecule has 2 heterocycles. The molecular weight excluding hydrogens is 390 g/mol. The average Bonchev–Trinajstić information content (AvgIpc) is 3.41. The second-order valence-electron chi connectivity index (χ2n) is 7.75. The first-order valence-corrected chi connectivity index (χ1v) is 10.5. The summed E-state index contributed by atoms with van der Waals surface area (Å²) >= 11 is 0. The van der Waals surface area contributed by atoms with Crippen LogP contribution >= 0.6 is 0 Å². The molecule has 0 aliphatic carbocycles. The van der Waals surface area contributed by atoms with Crippen LogP contribution < -0.4 is 4.74 Å². The quantitative estimate of drug-likeness (QED) is 0.379. The number of aryl methyl sites for hydroxylation is 3. The van der Waals surface area contributed by atoms with E-state index in [9.17, 15) is 4.79 Å². The summed E-state index contributed by atoms with van der Waals surface area (Å²) < 4.78 is 13.4. The molecule has 0 saturated heterocycles. The number of carbonyl (C=O) groups excluding carboxylic acids is 1. The molecule has 6 heteroatoms. The Morgan fingerprint density at radius 3 is 2.71 bits per heavy atom. The molecular formula is C25H27N3O3. The molecule has 1 amide bonds. The van der Waals surface area contributed by atoms with E-state index in [4.69, 9.17) is 14.1 Å². The number of benzene rings is 2. The van der Waals surface area contributed by atoms with Crippen molar-refractivity contribution in [2.45, 2.75) is 33.4 Å². The topological polar surface area (TPSA) is 60.5 Å². The molecule has 2 aromatic carbocycles. The van der Waals surface area contributed by atoms with Crippen LogP contribution in [0.2, 0.25) is 0 Å². The normalized spacial score (nSPS) is 11.1. The van der Waals surface area contributed by atoms with Crippen LogP contribution in [0.3, 0.4) is 0 Å². The zero-order chi connectivity index (χ0) is 21.8. The van der Waals surface area contributed by atoms with E-state index in [-0.39, 0.29) is 5.91 Å². The van der Waals surface area contributed by atoms with E-state index in [1.54, 1.807) is 24.1 Å². The number of nitrogens with zero attached hydrogens (tertiary/aromatic N) is 3. The van der Waals surface area contributed by atoms with Crippen LogP contribution in [0.5, 0.6) is 5.75 Å². The van der Waals surface area contributed by atoms with Gasteiger partial charge in [0.25, 0.3) is 5.91 Å². The van der Waals surface area contributed by atoms with Crippen molar-refractivity contribution in [1.29, 1.82) is 0 Å². The number of hydrogen-bond acceptors (Lipinski definition) is 4. The minimum Gasteiger partial charge on any atom is -0.494 e. The lowest BCUT2D eigenvalue weighted by molar-refractivity contribution is 0.0748. The van der Waals surface area contributed by atoms with E-state index >= 15 is 0 Å². The summed E-state index contributed by atoms with van der Waals surface area (Å²) in [6.45, 7) is 5.94. The van der Waals surface area contributed by atoms with Gasteiger partial charge in [-0.3, -0.25) is 4.79 Å². The molecule has 4 aromatic rings. The lowest BCUT2D eigenvalue weighted by atomic mass is 10.1. The second kappa shape index (κ2) is 9.08. The number of imidazole rings is 1. The summed E-state index contributed by atoms with van der Waals surface area (Å²) in [5.74, 6) is 1.89. The van der Waals surface area contributed by atoms with Crippen molar-refractivity contribution in [2.75, 3.05) is 13.7 Å². The molecule has 0 radical (unpaired) electrons. The van der Waals surface area contributed by atoms with Gasteiger partial charge in [0.1, 0.15) is 11.6 Å². The third-order valence-electron chi connectivity index (χ3n) is 5.46. The van der Waals surface area contributed by atoms with Gasteiger partial charge in [0.05, 0.1) is 30.4 Å². The fourth-order valence-electron chi connectivity index (χ4n) is 3.58. The van der Waals surface area contributed by atoms with Gasteiger partial charge in [-0.15, -0.1) is 0 Å². The molecule has 6 nitrogen and oxygen atoms in total. The van der Waals surface area contributed by atoms with E-state index in [1.165, 1.54) is 17.4 Å². The van der Waals surface area contributed by atoms with Gasteiger partial charge >= 0.3 is 0 Å². The predicted molar refractivity (Wildman–Crippen MR) is 120 cm³/mol. The van der Waals surface area contributed by atoms with Crippen molar-refractivity contribution in [2.24, 2.45) is 0 Å². The maximum Gasteiger partial charge on any atom is 0.289 e. The first-order chi connectivity index (χ1) is 15.0.